The minimum absolute atomic E-state index is 0.153. The highest BCUT2D eigenvalue weighted by Crippen LogP contribution is 2.36. The molecule has 3 aromatic rings. The number of carbonyl (C=O) groups is 1. The summed E-state index contributed by atoms with van der Waals surface area (Å²) in [6.07, 6.45) is 0.849. The second-order valence-corrected chi connectivity index (χ2v) is 7.47. The third kappa shape index (κ3) is 3.64. The Morgan fingerprint density at radius 3 is 2.73 bits per heavy atom. The van der Waals surface area contributed by atoms with E-state index in [0.717, 1.165) is 34.7 Å². The van der Waals surface area contributed by atoms with Crippen molar-refractivity contribution in [1.82, 2.24) is 15.1 Å². The van der Waals surface area contributed by atoms with Crippen LogP contribution in [0.1, 0.15) is 45.9 Å². The quantitative estimate of drug-likeness (QED) is 0.704. The van der Waals surface area contributed by atoms with Gasteiger partial charge in [0.2, 0.25) is 6.79 Å². The topological polar surface area (TPSA) is 74.6 Å². The first-order valence-corrected chi connectivity index (χ1v) is 10.1. The van der Waals surface area contributed by atoms with Crippen LogP contribution in [0.15, 0.2) is 48.5 Å². The number of aromatic nitrogens is 2. The molecule has 0 saturated carbocycles. The molecule has 5 rings (SSSR count). The molecule has 1 N–H and O–H groups in total. The summed E-state index contributed by atoms with van der Waals surface area (Å²) in [4.78, 5) is 12.6. The molecule has 2 aromatic carbocycles. The second-order valence-electron chi connectivity index (χ2n) is 7.47. The van der Waals surface area contributed by atoms with Crippen LogP contribution in [-0.2, 0) is 30.9 Å². The van der Waals surface area contributed by atoms with Crippen molar-refractivity contribution in [2.24, 2.45) is 0 Å². The molecule has 0 spiro atoms. The summed E-state index contributed by atoms with van der Waals surface area (Å²) in [5, 5.41) is 7.45. The van der Waals surface area contributed by atoms with Crippen LogP contribution in [0.5, 0.6) is 11.5 Å². The van der Waals surface area contributed by atoms with E-state index in [9.17, 15) is 4.79 Å². The lowest BCUT2D eigenvalue weighted by Gasteiger charge is -2.24. The fourth-order valence-corrected chi connectivity index (χ4v) is 3.72. The molecule has 2 aliphatic rings. The van der Waals surface area contributed by atoms with E-state index in [2.05, 4.69) is 29.5 Å². The van der Waals surface area contributed by atoms with Gasteiger partial charge in [-0.1, -0.05) is 37.3 Å². The molecule has 7 heteroatoms. The summed E-state index contributed by atoms with van der Waals surface area (Å²) in [6.45, 7) is 3.78. The van der Waals surface area contributed by atoms with Gasteiger partial charge >= 0.3 is 0 Å². The molecule has 7 nitrogen and oxygen atoms in total. The lowest BCUT2D eigenvalue weighted by atomic mass is 10.1. The average Bonchev–Trinajstić information content (AvgIpc) is 3.43. The van der Waals surface area contributed by atoms with Gasteiger partial charge in [-0.2, -0.15) is 5.10 Å². The second kappa shape index (κ2) is 7.84. The Labute approximate surface area is 174 Å². The number of carbonyl (C=O) groups excluding carboxylic acids is 1. The van der Waals surface area contributed by atoms with Crippen molar-refractivity contribution in [1.29, 1.82) is 0 Å². The fraction of sp³-hybridized carbons (Fsp3) is 0.304. The molecule has 0 aliphatic carbocycles. The normalized spacial score (nSPS) is 16.9. The number of rotatable bonds is 5. The fourth-order valence-electron chi connectivity index (χ4n) is 3.72. The molecule has 30 heavy (non-hydrogen) atoms. The smallest absolute Gasteiger partial charge is 0.272 e. The van der Waals surface area contributed by atoms with Crippen molar-refractivity contribution < 1.29 is 19.0 Å². The first kappa shape index (κ1) is 18.7. The van der Waals surface area contributed by atoms with E-state index in [1.54, 1.807) is 6.07 Å². The van der Waals surface area contributed by atoms with Crippen molar-refractivity contribution in [3.8, 4) is 11.5 Å². The summed E-state index contributed by atoms with van der Waals surface area (Å²) in [7, 11) is 0. The van der Waals surface area contributed by atoms with Gasteiger partial charge in [0.15, 0.2) is 17.2 Å². The summed E-state index contributed by atoms with van der Waals surface area (Å²) in [5.74, 6) is 1.29. The molecule has 3 heterocycles. The van der Waals surface area contributed by atoms with Crippen LogP contribution in [0.2, 0.25) is 0 Å². The first-order chi connectivity index (χ1) is 14.7. The van der Waals surface area contributed by atoms with Crippen LogP contribution in [0.25, 0.3) is 0 Å². The maximum Gasteiger partial charge on any atom is 0.272 e. The minimum Gasteiger partial charge on any atom is -0.454 e. The zero-order valence-electron chi connectivity index (χ0n) is 16.8. The maximum absolute atomic E-state index is 12.6. The van der Waals surface area contributed by atoms with Gasteiger partial charge in [0, 0.05) is 6.54 Å². The molecule has 1 aromatic heterocycles. The molecule has 1 amide bonds. The maximum atomic E-state index is 12.6. The third-order valence-corrected chi connectivity index (χ3v) is 5.52. The zero-order chi connectivity index (χ0) is 20.5. The monoisotopic (exact) mass is 405 g/mol. The number of fused-ring (bicyclic) bond motifs is 2. The SMILES string of the molecule is CCc1ccc(CNC(=O)c2cc3n(n2)C[C@@H](c2ccc4c(c2)OCO4)OC3)cc1. The Morgan fingerprint density at radius 1 is 1.10 bits per heavy atom. The van der Waals surface area contributed by atoms with E-state index in [1.165, 1.54) is 5.56 Å². The Bertz CT molecular complexity index is 1070. The van der Waals surface area contributed by atoms with Crippen LogP contribution >= 0.6 is 0 Å². The Morgan fingerprint density at radius 2 is 1.90 bits per heavy atom. The number of nitrogens with zero attached hydrogens (tertiary/aromatic N) is 2. The molecule has 1 atom stereocenters. The number of hydrogen-bond donors (Lipinski definition) is 1. The van der Waals surface area contributed by atoms with Gasteiger partial charge in [-0.05, 0) is 41.3 Å². The van der Waals surface area contributed by atoms with E-state index in [1.807, 2.05) is 35.0 Å². The van der Waals surface area contributed by atoms with Gasteiger partial charge in [-0.3, -0.25) is 9.48 Å². The predicted octanol–water partition coefficient (Wildman–Crippen LogP) is 3.38. The van der Waals surface area contributed by atoms with E-state index >= 15 is 0 Å². The Kier molecular flexibility index (Phi) is 4.88. The molecule has 0 unspecified atom stereocenters. The molecule has 0 bridgehead atoms. The van der Waals surface area contributed by atoms with Gasteiger partial charge in [-0.15, -0.1) is 0 Å². The van der Waals surface area contributed by atoms with Gasteiger partial charge < -0.3 is 19.5 Å². The van der Waals surface area contributed by atoms with Crippen LogP contribution in [0.3, 0.4) is 0 Å². The molecule has 0 fully saturated rings. The van der Waals surface area contributed by atoms with Crippen molar-refractivity contribution >= 4 is 5.91 Å². The van der Waals surface area contributed by atoms with Crippen LogP contribution < -0.4 is 14.8 Å². The molecular weight excluding hydrogens is 382 g/mol. The van der Waals surface area contributed by atoms with Crippen LogP contribution in [0.4, 0.5) is 0 Å². The van der Waals surface area contributed by atoms with E-state index in [-0.39, 0.29) is 18.8 Å². The molecule has 154 valence electrons. The van der Waals surface area contributed by atoms with Gasteiger partial charge in [0.1, 0.15) is 6.10 Å². The number of nitrogens with one attached hydrogen (secondary N) is 1. The Hall–Kier alpha value is -3.32. The van der Waals surface area contributed by atoms with Crippen LogP contribution in [0, 0.1) is 0 Å². The predicted molar refractivity (Wildman–Crippen MR) is 109 cm³/mol. The van der Waals surface area contributed by atoms with Gasteiger partial charge in [0.25, 0.3) is 5.91 Å². The number of aryl methyl sites for hydroxylation is 1. The molecular formula is C23H23N3O4. The van der Waals surface area contributed by atoms with Gasteiger partial charge in [0.05, 0.1) is 18.8 Å². The summed E-state index contributed by atoms with van der Waals surface area (Å²) < 4.78 is 18.7. The molecule has 0 saturated heterocycles. The number of benzene rings is 2. The third-order valence-electron chi connectivity index (χ3n) is 5.52. The number of ether oxygens (including phenoxy) is 3. The highest BCUT2D eigenvalue weighted by atomic mass is 16.7. The highest BCUT2D eigenvalue weighted by molar-refractivity contribution is 5.92. The van der Waals surface area contributed by atoms with Crippen LogP contribution in [-0.4, -0.2) is 22.5 Å². The average molecular weight is 405 g/mol. The van der Waals surface area contributed by atoms with Crippen molar-refractivity contribution in [2.45, 2.75) is 39.1 Å². The molecule has 2 aliphatic heterocycles. The zero-order valence-corrected chi connectivity index (χ0v) is 16.8. The van der Waals surface area contributed by atoms with E-state index in [4.69, 9.17) is 14.2 Å². The van der Waals surface area contributed by atoms with Crippen molar-refractivity contribution in [2.75, 3.05) is 6.79 Å². The van der Waals surface area contributed by atoms with Crippen molar-refractivity contribution in [3.05, 3.63) is 76.6 Å². The Balaban J connectivity index is 1.24. The van der Waals surface area contributed by atoms with E-state index < -0.39 is 0 Å². The summed E-state index contributed by atoms with van der Waals surface area (Å²) in [5.41, 5.74) is 4.65. The first-order valence-electron chi connectivity index (χ1n) is 10.1. The largest absolute Gasteiger partial charge is 0.454 e. The van der Waals surface area contributed by atoms with Gasteiger partial charge in [-0.25, -0.2) is 0 Å². The summed E-state index contributed by atoms with van der Waals surface area (Å²) in [6, 6.07) is 15.9. The minimum atomic E-state index is -0.184. The number of hydrogen-bond acceptors (Lipinski definition) is 5. The van der Waals surface area contributed by atoms with Crippen molar-refractivity contribution in [3.63, 3.8) is 0 Å². The molecule has 0 radical (unpaired) electrons. The lowest BCUT2D eigenvalue weighted by molar-refractivity contribution is -0.00128. The number of amides is 1. The standard InChI is InChI=1S/C23H23N3O4/c1-2-15-3-5-16(6-4-15)11-24-23(27)19-10-18-13-28-22(12-26(18)25-19)17-7-8-20-21(9-17)30-14-29-20/h3-10,22H,2,11-14H2,1H3,(H,24,27)/t22-/m0/s1. The lowest BCUT2D eigenvalue weighted by Crippen LogP contribution is -2.24. The highest BCUT2D eigenvalue weighted by Gasteiger charge is 2.25. The summed E-state index contributed by atoms with van der Waals surface area (Å²) >= 11 is 0. The van der Waals surface area contributed by atoms with E-state index in [0.29, 0.717) is 25.4 Å².